The average molecular weight is 294 g/mol. The first kappa shape index (κ1) is 18.0. The SMILES string of the molecule is CCCCCCC(=O)NP(=O)(SCCC)N(C)C. The van der Waals surface area contributed by atoms with Gasteiger partial charge in [0.05, 0.1) is 0 Å². The Morgan fingerprint density at radius 1 is 1.17 bits per heavy atom. The average Bonchev–Trinajstić information content (AvgIpc) is 2.32. The van der Waals surface area contributed by atoms with E-state index >= 15 is 0 Å². The fourth-order valence-corrected chi connectivity index (χ4v) is 5.22. The van der Waals surface area contributed by atoms with E-state index in [2.05, 4.69) is 12.0 Å². The van der Waals surface area contributed by atoms with Crippen molar-refractivity contribution in [2.45, 2.75) is 52.4 Å². The van der Waals surface area contributed by atoms with Crippen molar-refractivity contribution in [3.8, 4) is 0 Å². The maximum atomic E-state index is 12.5. The molecule has 0 saturated heterocycles. The van der Waals surface area contributed by atoms with Crippen molar-refractivity contribution < 1.29 is 9.36 Å². The molecule has 1 N–H and O–H groups in total. The Labute approximate surface area is 115 Å². The van der Waals surface area contributed by atoms with E-state index in [0.717, 1.165) is 37.9 Å². The van der Waals surface area contributed by atoms with Crippen LogP contribution >= 0.6 is 18.0 Å². The molecule has 0 fully saturated rings. The third-order valence-corrected chi connectivity index (χ3v) is 7.90. The van der Waals surface area contributed by atoms with E-state index in [9.17, 15) is 9.36 Å². The Balaban J connectivity index is 4.15. The van der Waals surface area contributed by atoms with E-state index in [4.69, 9.17) is 0 Å². The number of hydrogen-bond donors (Lipinski definition) is 1. The summed E-state index contributed by atoms with van der Waals surface area (Å²) in [5.74, 6) is 0.706. The Kier molecular flexibility index (Phi) is 9.88. The Morgan fingerprint density at radius 3 is 2.33 bits per heavy atom. The summed E-state index contributed by atoms with van der Waals surface area (Å²) in [4.78, 5) is 11.8. The predicted octanol–water partition coefficient (Wildman–Crippen LogP) is 3.89. The van der Waals surface area contributed by atoms with Gasteiger partial charge in [0, 0.05) is 12.2 Å². The molecule has 0 aliphatic rings. The van der Waals surface area contributed by atoms with Gasteiger partial charge in [-0.05, 0) is 26.9 Å². The van der Waals surface area contributed by atoms with Gasteiger partial charge >= 0.3 is 0 Å². The molecular weight excluding hydrogens is 267 g/mol. The topological polar surface area (TPSA) is 49.4 Å². The zero-order valence-corrected chi connectivity index (χ0v) is 13.8. The molecule has 0 heterocycles. The lowest BCUT2D eigenvalue weighted by atomic mass is 10.1. The maximum Gasteiger partial charge on any atom is 0.294 e. The van der Waals surface area contributed by atoms with Crippen LogP contribution in [0.25, 0.3) is 0 Å². The van der Waals surface area contributed by atoms with Crippen LogP contribution in [-0.2, 0) is 9.36 Å². The van der Waals surface area contributed by atoms with E-state index in [1.54, 1.807) is 18.8 Å². The molecule has 1 atom stereocenters. The molecule has 18 heavy (non-hydrogen) atoms. The van der Waals surface area contributed by atoms with Crippen molar-refractivity contribution in [3.05, 3.63) is 0 Å². The maximum absolute atomic E-state index is 12.5. The highest BCUT2D eigenvalue weighted by molar-refractivity contribution is 8.56. The van der Waals surface area contributed by atoms with Crippen molar-refractivity contribution in [2.24, 2.45) is 0 Å². The molecule has 0 spiro atoms. The molecule has 0 rings (SSSR count). The van der Waals surface area contributed by atoms with Gasteiger partial charge in [-0.3, -0.25) is 14.4 Å². The van der Waals surface area contributed by atoms with E-state index in [1.165, 1.54) is 11.4 Å². The van der Waals surface area contributed by atoms with E-state index in [0.29, 0.717) is 6.42 Å². The number of nitrogens with zero attached hydrogens (tertiary/aromatic N) is 1. The standard InChI is InChI=1S/C12H27N2O2PS/c1-5-7-8-9-10-12(15)13-17(16,14(3)4)18-11-6-2/h5-11H2,1-4H3,(H,13,15,16). The predicted molar refractivity (Wildman–Crippen MR) is 80.9 cm³/mol. The normalized spacial score (nSPS) is 14.5. The Morgan fingerprint density at radius 2 is 1.83 bits per heavy atom. The summed E-state index contributed by atoms with van der Waals surface area (Å²) in [5, 5.41) is 2.71. The van der Waals surface area contributed by atoms with Crippen LogP contribution in [0, 0.1) is 0 Å². The zero-order chi connectivity index (χ0) is 14.0. The lowest BCUT2D eigenvalue weighted by Gasteiger charge is -2.24. The summed E-state index contributed by atoms with van der Waals surface area (Å²) in [5.41, 5.74) is 0. The molecular formula is C12H27N2O2PS. The number of hydrogen-bond acceptors (Lipinski definition) is 3. The lowest BCUT2D eigenvalue weighted by Crippen LogP contribution is -2.25. The van der Waals surface area contributed by atoms with Crippen molar-refractivity contribution in [1.82, 2.24) is 9.76 Å². The molecule has 1 amide bonds. The smallest absolute Gasteiger partial charge is 0.287 e. The van der Waals surface area contributed by atoms with E-state index in [1.807, 2.05) is 6.92 Å². The van der Waals surface area contributed by atoms with Crippen LogP contribution in [0.4, 0.5) is 0 Å². The quantitative estimate of drug-likeness (QED) is 0.490. The largest absolute Gasteiger partial charge is 0.294 e. The molecule has 1 unspecified atom stereocenters. The summed E-state index contributed by atoms with van der Waals surface area (Å²) >= 11 is 1.35. The number of rotatable bonds is 10. The minimum absolute atomic E-state index is 0.0910. The van der Waals surface area contributed by atoms with Gasteiger partial charge in [-0.1, -0.05) is 44.5 Å². The van der Waals surface area contributed by atoms with Gasteiger partial charge in [0.25, 0.3) is 6.65 Å². The zero-order valence-electron chi connectivity index (χ0n) is 12.1. The van der Waals surface area contributed by atoms with Crippen LogP contribution < -0.4 is 5.09 Å². The molecule has 0 radical (unpaired) electrons. The second-order valence-electron chi connectivity index (χ2n) is 4.55. The van der Waals surface area contributed by atoms with Crippen molar-refractivity contribution in [2.75, 3.05) is 19.8 Å². The lowest BCUT2D eigenvalue weighted by molar-refractivity contribution is -0.119. The van der Waals surface area contributed by atoms with Gasteiger partial charge in [0.15, 0.2) is 0 Å². The molecule has 0 aliphatic heterocycles. The summed E-state index contributed by atoms with van der Waals surface area (Å²) in [6, 6.07) is 0. The van der Waals surface area contributed by atoms with Crippen LogP contribution in [0.2, 0.25) is 0 Å². The van der Waals surface area contributed by atoms with Gasteiger partial charge < -0.3 is 0 Å². The fourth-order valence-electron chi connectivity index (χ4n) is 1.39. The molecule has 0 aromatic rings. The van der Waals surface area contributed by atoms with Crippen LogP contribution in [0.3, 0.4) is 0 Å². The highest BCUT2D eigenvalue weighted by atomic mass is 32.7. The number of nitrogens with one attached hydrogen (secondary N) is 1. The van der Waals surface area contributed by atoms with Gasteiger partial charge in [-0.2, -0.15) is 0 Å². The van der Waals surface area contributed by atoms with Crippen LogP contribution in [0.5, 0.6) is 0 Å². The third-order valence-electron chi connectivity index (χ3n) is 2.52. The first-order valence-corrected chi connectivity index (χ1v) is 9.94. The number of amides is 1. The first-order valence-electron chi connectivity index (χ1n) is 6.69. The summed E-state index contributed by atoms with van der Waals surface area (Å²) < 4.78 is 14.2. The summed E-state index contributed by atoms with van der Waals surface area (Å²) in [6.07, 6.45) is 5.69. The van der Waals surface area contributed by atoms with Crippen molar-refractivity contribution in [3.63, 3.8) is 0 Å². The van der Waals surface area contributed by atoms with Crippen molar-refractivity contribution in [1.29, 1.82) is 0 Å². The van der Waals surface area contributed by atoms with E-state index < -0.39 is 6.65 Å². The highest BCUT2D eigenvalue weighted by Gasteiger charge is 2.27. The van der Waals surface area contributed by atoms with E-state index in [-0.39, 0.29) is 5.91 Å². The molecule has 6 heteroatoms. The number of carbonyl (C=O) groups excluding carboxylic acids is 1. The van der Waals surface area contributed by atoms with Crippen molar-refractivity contribution >= 4 is 23.9 Å². The molecule has 0 aromatic carbocycles. The number of carbonyl (C=O) groups is 1. The summed E-state index contributed by atoms with van der Waals surface area (Å²) in [7, 11) is 3.50. The summed E-state index contributed by atoms with van der Waals surface area (Å²) in [6.45, 7) is 1.41. The van der Waals surface area contributed by atoms with Crippen LogP contribution in [-0.4, -0.2) is 30.4 Å². The fraction of sp³-hybridized carbons (Fsp3) is 0.917. The first-order chi connectivity index (χ1) is 8.46. The second-order valence-corrected chi connectivity index (χ2v) is 9.54. The van der Waals surface area contributed by atoms with Gasteiger partial charge in [0.2, 0.25) is 5.91 Å². The minimum Gasteiger partial charge on any atom is -0.287 e. The second kappa shape index (κ2) is 9.88. The van der Waals surface area contributed by atoms with Crippen LogP contribution in [0.1, 0.15) is 52.4 Å². The Hall–Kier alpha value is 0.01000. The Bertz CT molecular complexity index is 285. The van der Waals surface area contributed by atoms with Crippen LogP contribution in [0.15, 0.2) is 0 Å². The molecule has 0 bridgehead atoms. The molecule has 0 aromatic heterocycles. The van der Waals surface area contributed by atoms with Gasteiger partial charge in [0.1, 0.15) is 0 Å². The molecule has 108 valence electrons. The molecule has 4 nitrogen and oxygen atoms in total. The minimum atomic E-state index is -2.77. The number of unbranched alkanes of at least 4 members (excludes halogenated alkanes) is 3. The molecule has 0 saturated carbocycles. The highest BCUT2D eigenvalue weighted by Crippen LogP contribution is 2.56. The molecule has 0 aliphatic carbocycles. The van der Waals surface area contributed by atoms with Gasteiger partial charge in [-0.25, -0.2) is 4.67 Å². The third kappa shape index (κ3) is 7.45. The monoisotopic (exact) mass is 294 g/mol. The van der Waals surface area contributed by atoms with Gasteiger partial charge in [-0.15, -0.1) is 0 Å².